The van der Waals surface area contributed by atoms with Crippen molar-refractivity contribution in [3.8, 4) is 23.0 Å². The second-order valence-corrected chi connectivity index (χ2v) is 8.09. The minimum Gasteiger partial charge on any atom is -0.497 e. The number of anilines is 1. The number of rotatable bonds is 8. The van der Waals surface area contributed by atoms with E-state index in [0.717, 1.165) is 17.1 Å². The fourth-order valence-corrected chi connectivity index (χ4v) is 4.17. The molecule has 0 saturated carbocycles. The predicted molar refractivity (Wildman–Crippen MR) is 111 cm³/mol. The monoisotopic (exact) mass is 444 g/mol. The summed E-state index contributed by atoms with van der Waals surface area (Å²) in [6, 6.07) is 10.6. The molecule has 3 aromatic heterocycles. The van der Waals surface area contributed by atoms with Crippen molar-refractivity contribution in [3.05, 3.63) is 53.9 Å². The van der Waals surface area contributed by atoms with Gasteiger partial charge in [-0.25, -0.2) is 0 Å². The maximum Gasteiger partial charge on any atom is 0.279 e. The summed E-state index contributed by atoms with van der Waals surface area (Å²) in [6.45, 7) is 0. The molecular weight excluding hydrogens is 428 g/mol. The summed E-state index contributed by atoms with van der Waals surface area (Å²) in [4.78, 5) is 12.4. The van der Waals surface area contributed by atoms with Gasteiger partial charge in [-0.05, 0) is 29.8 Å². The Morgan fingerprint density at radius 1 is 1.13 bits per heavy atom. The highest BCUT2D eigenvalue weighted by molar-refractivity contribution is 8.00. The number of hydrogen-bond donors (Lipinski definition) is 1. The van der Waals surface area contributed by atoms with Crippen LogP contribution in [0.2, 0.25) is 0 Å². The summed E-state index contributed by atoms with van der Waals surface area (Å²) < 4.78 is 21.6. The fourth-order valence-electron chi connectivity index (χ4n) is 2.49. The molecule has 11 heteroatoms. The van der Waals surface area contributed by atoms with Gasteiger partial charge >= 0.3 is 0 Å². The number of thioether (sulfide) groups is 1. The summed E-state index contributed by atoms with van der Waals surface area (Å²) in [5.74, 6) is 2.50. The summed E-state index contributed by atoms with van der Waals surface area (Å²) in [5, 5.41) is 14.9. The van der Waals surface area contributed by atoms with Crippen molar-refractivity contribution in [3.63, 3.8) is 0 Å². The maximum absolute atomic E-state index is 12.4. The Labute approximate surface area is 179 Å². The number of aromatic nitrogens is 3. The third kappa shape index (κ3) is 4.63. The lowest BCUT2D eigenvalue weighted by Crippen LogP contribution is -2.11. The first-order valence-electron chi connectivity index (χ1n) is 8.65. The van der Waals surface area contributed by atoms with Gasteiger partial charge in [0.25, 0.3) is 5.91 Å². The number of carbonyl (C=O) groups excluding carboxylic acids is 1. The molecular formula is C19H16N4O5S2. The lowest BCUT2D eigenvalue weighted by molar-refractivity contribution is 0.101. The molecule has 0 aliphatic rings. The minimum atomic E-state index is -0.443. The van der Waals surface area contributed by atoms with E-state index in [4.69, 9.17) is 18.4 Å². The van der Waals surface area contributed by atoms with E-state index in [1.54, 1.807) is 26.4 Å². The molecule has 1 aromatic carbocycles. The van der Waals surface area contributed by atoms with E-state index in [2.05, 4.69) is 20.7 Å². The van der Waals surface area contributed by atoms with Gasteiger partial charge in [0.05, 0.1) is 20.5 Å². The van der Waals surface area contributed by atoms with E-state index in [9.17, 15) is 4.79 Å². The van der Waals surface area contributed by atoms with Crippen LogP contribution in [-0.4, -0.2) is 35.5 Å². The van der Waals surface area contributed by atoms with Crippen LogP contribution in [0.25, 0.3) is 11.5 Å². The Bertz CT molecular complexity index is 1120. The van der Waals surface area contributed by atoms with Crippen LogP contribution in [0.15, 0.2) is 55.9 Å². The molecule has 0 aliphatic carbocycles. The smallest absolute Gasteiger partial charge is 0.279 e. The Kier molecular flexibility index (Phi) is 6.00. The van der Waals surface area contributed by atoms with Crippen LogP contribution in [0.3, 0.4) is 0 Å². The van der Waals surface area contributed by atoms with Gasteiger partial charge in [-0.1, -0.05) is 28.3 Å². The number of nitrogens with one attached hydrogen (secondary N) is 1. The number of methoxy groups -OCH3 is 2. The van der Waals surface area contributed by atoms with Crippen molar-refractivity contribution in [2.45, 2.75) is 10.1 Å². The first kappa shape index (κ1) is 20.0. The van der Waals surface area contributed by atoms with Gasteiger partial charge in [0.15, 0.2) is 15.8 Å². The quantitative estimate of drug-likeness (QED) is 0.313. The molecule has 1 N–H and O–H groups in total. The van der Waals surface area contributed by atoms with E-state index >= 15 is 0 Å². The molecule has 4 rings (SSSR count). The summed E-state index contributed by atoms with van der Waals surface area (Å²) in [6.07, 6.45) is 1.51. The minimum absolute atomic E-state index is 0.120. The molecule has 30 heavy (non-hydrogen) atoms. The Morgan fingerprint density at radius 3 is 2.63 bits per heavy atom. The van der Waals surface area contributed by atoms with Crippen LogP contribution in [0, 0.1) is 0 Å². The average molecular weight is 444 g/mol. The molecule has 0 aliphatic heterocycles. The maximum atomic E-state index is 12.4. The van der Waals surface area contributed by atoms with Gasteiger partial charge in [-0.2, -0.15) is 0 Å². The molecule has 4 aromatic rings. The third-order valence-electron chi connectivity index (χ3n) is 3.91. The molecule has 0 unspecified atom stereocenters. The zero-order valence-corrected chi connectivity index (χ0v) is 17.6. The molecule has 1 amide bonds. The number of furan rings is 1. The van der Waals surface area contributed by atoms with Crippen LogP contribution < -0.4 is 14.8 Å². The second-order valence-electron chi connectivity index (χ2n) is 5.89. The summed E-state index contributed by atoms with van der Waals surface area (Å²) in [7, 11) is 3.22. The summed E-state index contributed by atoms with van der Waals surface area (Å²) >= 11 is 2.76. The Hall–Kier alpha value is -3.31. The van der Waals surface area contributed by atoms with Crippen LogP contribution in [-0.2, 0) is 5.75 Å². The molecule has 154 valence electrons. The highest BCUT2D eigenvalue weighted by Crippen LogP contribution is 2.31. The third-order valence-corrected chi connectivity index (χ3v) is 5.95. The fraction of sp³-hybridized carbons (Fsp3) is 0.158. The van der Waals surface area contributed by atoms with E-state index < -0.39 is 5.91 Å². The normalized spacial score (nSPS) is 10.7. The van der Waals surface area contributed by atoms with E-state index in [1.807, 2.05) is 18.2 Å². The van der Waals surface area contributed by atoms with Crippen molar-refractivity contribution >= 4 is 34.1 Å². The Balaban J connectivity index is 1.37. The first-order chi connectivity index (χ1) is 14.6. The average Bonchev–Trinajstić information content (AvgIpc) is 3.53. The van der Waals surface area contributed by atoms with Crippen LogP contribution in [0.4, 0.5) is 5.13 Å². The van der Waals surface area contributed by atoms with Gasteiger partial charge in [-0.15, -0.1) is 10.2 Å². The van der Waals surface area contributed by atoms with Gasteiger partial charge in [0.1, 0.15) is 11.5 Å². The largest absolute Gasteiger partial charge is 0.497 e. The van der Waals surface area contributed by atoms with Gasteiger partial charge in [-0.3, -0.25) is 10.1 Å². The molecule has 0 bridgehead atoms. The number of amides is 1. The molecule has 9 nitrogen and oxygen atoms in total. The number of carbonyl (C=O) groups is 1. The van der Waals surface area contributed by atoms with Crippen LogP contribution in [0.1, 0.15) is 16.1 Å². The molecule has 0 spiro atoms. The zero-order valence-electron chi connectivity index (χ0n) is 15.9. The van der Waals surface area contributed by atoms with Crippen molar-refractivity contribution < 1.29 is 23.2 Å². The van der Waals surface area contributed by atoms with Crippen molar-refractivity contribution in [2.75, 3.05) is 19.5 Å². The van der Waals surface area contributed by atoms with Crippen molar-refractivity contribution in [1.29, 1.82) is 0 Å². The van der Waals surface area contributed by atoms with Gasteiger partial charge in [0.2, 0.25) is 10.9 Å². The number of ether oxygens (including phenoxy) is 2. The number of benzene rings is 1. The highest BCUT2D eigenvalue weighted by Gasteiger charge is 2.17. The van der Waals surface area contributed by atoms with Crippen LogP contribution in [0.5, 0.6) is 11.5 Å². The first-order valence-corrected chi connectivity index (χ1v) is 10.4. The molecule has 0 radical (unpaired) electrons. The zero-order chi connectivity index (χ0) is 20.9. The van der Waals surface area contributed by atoms with E-state index in [0.29, 0.717) is 26.7 Å². The van der Waals surface area contributed by atoms with Crippen LogP contribution >= 0.6 is 23.1 Å². The van der Waals surface area contributed by atoms with E-state index in [-0.39, 0.29) is 5.69 Å². The SMILES string of the molecule is COc1cc(CSc2nnc(NC(=O)c3cc(-c4ccco4)on3)s2)cc(OC)c1. The van der Waals surface area contributed by atoms with Crippen molar-refractivity contribution in [1.82, 2.24) is 15.4 Å². The second kappa shape index (κ2) is 9.01. The topological polar surface area (TPSA) is 113 Å². The number of nitrogens with zero attached hydrogens (tertiary/aromatic N) is 3. The van der Waals surface area contributed by atoms with Crippen molar-refractivity contribution in [2.24, 2.45) is 0 Å². The summed E-state index contributed by atoms with van der Waals surface area (Å²) in [5.41, 5.74) is 1.14. The molecule has 3 heterocycles. The lowest BCUT2D eigenvalue weighted by Gasteiger charge is -2.07. The molecule has 0 atom stereocenters. The lowest BCUT2D eigenvalue weighted by atomic mass is 10.2. The molecule has 0 saturated heterocycles. The molecule has 0 fully saturated rings. The van der Waals surface area contributed by atoms with E-state index in [1.165, 1.54) is 35.4 Å². The Morgan fingerprint density at radius 2 is 1.93 bits per heavy atom. The standard InChI is InChI=1S/C19H16N4O5S2/c1-25-12-6-11(7-13(8-12)26-2)10-29-19-22-21-18(30-19)20-17(24)14-9-16(28-23-14)15-4-3-5-27-15/h3-9H,10H2,1-2H3,(H,20,21,24). The van der Waals surface area contributed by atoms with Gasteiger partial charge < -0.3 is 18.4 Å². The number of hydrogen-bond acceptors (Lipinski definition) is 10. The highest BCUT2D eigenvalue weighted by atomic mass is 32.2. The predicted octanol–water partition coefficient (Wildman–Crippen LogP) is 4.35. The van der Waals surface area contributed by atoms with Gasteiger partial charge in [0, 0.05) is 17.9 Å².